The molecule has 0 aliphatic heterocycles. The van der Waals surface area contributed by atoms with Crippen molar-refractivity contribution < 1.29 is 37.3 Å². The van der Waals surface area contributed by atoms with Crippen LogP contribution in [0.15, 0.2) is 85.1 Å². The summed E-state index contributed by atoms with van der Waals surface area (Å²) in [6, 6.07) is 0. The normalized spacial score (nSPS) is 14.4. The van der Waals surface area contributed by atoms with Crippen LogP contribution in [0.25, 0.3) is 0 Å². The molecule has 0 aromatic heterocycles. The molecule has 0 heterocycles. The molecule has 0 aliphatic rings. The third kappa shape index (κ3) is 48.6. The first-order chi connectivity index (χ1) is 29.6. The highest BCUT2D eigenvalue weighted by Crippen LogP contribution is 2.43. The number of nitrogens with zero attached hydrogens (tertiary/aromatic N) is 1. The van der Waals surface area contributed by atoms with Crippen molar-refractivity contribution in [3.63, 3.8) is 0 Å². The average Bonchev–Trinajstić information content (AvgIpc) is 3.22. The van der Waals surface area contributed by atoms with Crippen LogP contribution in [0.2, 0.25) is 0 Å². The van der Waals surface area contributed by atoms with Crippen molar-refractivity contribution in [2.75, 3.05) is 54.1 Å². The van der Waals surface area contributed by atoms with E-state index in [0.29, 0.717) is 24.1 Å². The predicted molar refractivity (Wildman–Crippen MR) is 261 cm³/mol. The van der Waals surface area contributed by atoms with Crippen molar-refractivity contribution >= 4 is 13.8 Å². The van der Waals surface area contributed by atoms with Crippen molar-refractivity contribution in [3.8, 4) is 0 Å². The Morgan fingerprint density at radius 2 is 0.951 bits per heavy atom. The Hall–Kier alpha value is -2.32. The summed E-state index contributed by atoms with van der Waals surface area (Å²) < 4.78 is 35.0. The second-order valence-corrected chi connectivity index (χ2v) is 18.6. The number of esters is 1. The number of phosphoric ester groups is 1. The fourth-order valence-electron chi connectivity index (χ4n) is 6.24. The number of carbonyl (C=O) groups excluding carboxylic acids is 1. The van der Waals surface area contributed by atoms with Crippen LogP contribution in [0.5, 0.6) is 0 Å². The summed E-state index contributed by atoms with van der Waals surface area (Å²) in [6.07, 6.45) is 59.1. The molecule has 0 aromatic carbocycles. The summed E-state index contributed by atoms with van der Waals surface area (Å²) in [5.74, 6) is -0.326. The number of quaternary nitrogens is 1. The van der Waals surface area contributed by atoms with E-state index in [4.69, 9.17) is 18.5 Å². The molecule has 2 atom stereocenters. The minimum absolute atomic E-state index is 0.0799. The van der Waals surface area contributed by atoms with E-state index in [2.05, 4.69) is 98.9 Å². The lowest BCUT2D eigenvalue weighted by Gasteiger charge is -2.24. The summed E-state index contributed by atoms with van der Waals surface area (Å²) in [6.45, 7) is 5.43. The number of allylic oxidation sites excluding steroid dienone is 14. The molecule has 8 nitrogen and oxygen atoms in total. The van der Waals surface area contributed by atoms with E-state index in [-0.39, 0.29) is 25.8 Å². The van der Waals surface area contributed by atoms with Gasteiger partial charge in [0.15, 0.2) is 0 Å². The fraction of sp³-hybridized carbons (Fsp3) is 0.712. The van der Waals surface area contributed by atoms with E-state index in [9.17, 15) is 14.3 Å². The monoisotopic (exact) mass is 875 g/mol. The molecule has 0 aromatic rings. The molecule has 0 radical (unpaired) electrons. The van der Waals surface area contributed by atoms with Gasteiger partial charge in [-0.15, -0.1) is 0 Å². The zero-order chi connectivity index (χ0) is 44.8. The molecule has 352 valence electrons. The van der Waals surface area contributed by atoms with Gasteiger partial charge in [-0.05, 0) is 70.6 Å². The smallest absolute Gasteiger partial charge is 0.457 e. The number of carbonyl (C=O) groups is 1. The van der Waals surface area contributed by atoms with Crippen LogP contribution in [0, 0.1) is 0 Å². The summed E-state index contributed by atoms with van der Waals surface area (Å²) in [5.41, 5.74) is 0. The predicted octanol–water partition coefficient (Wildman–Crippen LogP) is 14.8. The highest BCUT2D eigenvalue weighted by molar-refractivity contribution is 7.47. The minimum atomic E-state index is -4.29. The molecule has 0 amide bonds. The van der Waals surface area contributed by atoms with Gasteiger partial charge in [0.05, 0.1) is 34.4 Å². The molecule has 0 aliphatic carbocycles. The Labute approximate surface area is 375 Å². The highest BCUT2D eigenvalue weighted by atomic mass is 31.2. The van der Waals surface area contributed by atoms with Gasteiger partial charge in [0, 0.05) is 13.0 Å². The standard InChI is InChI=1S/C52H92NO7P/c1-6-8-10-12-14-16-18-20-21-22-23-24-25-26-27-28-29-30-31-32-34-36-38-40-42-44-47-57-49-51(50-59-61(55,56)58-48-46-53(3,4)5)60-52(54)45-43-41-39-37-35-33-19-17-15-13-11-9-7-2/h8,10,14,16,20-21,23-24,26-27,29-30,32,34,51H,6-7,9,11-13,15,17-19,22,25,28,31,33,35-50H2,1-5H3/p+1/b10-8-,16-14-,21-20-,24-23-,27-26-,30-29-,34-32-. The molecule has 1 N–H and O–H groups in total. The molecule has 2 unspecified atom stereocenters. The topological polar surface area (TPSA) is 91.3 Å². The van der Waals surface area contributed by atoms with Gasteiger partial charge in [-0.1, -0.05) is 189 Å². The van der Waals surface area contributed by atoms with Gasteiger partial charge in [0.1, 0.15) is 19.3 Å². The van der Waals surface area contributed by atoms with E-state index in [0.717, 1.165) is 96.3 Å². The van der Waals surface area contributed by atoms with Crippen molar-refractivity contribution in [1.82, 2.24) is 0 Å². The van der Waals surface area contributed by atoms with E-state index >= 15 is 0 Å². The summed E-state index contributed by atoms with van der Waals surface area (Å²) in [5, 5.41) is 0. The third-order valence-corrected chi connectivity index (χ3v) is 11.0. The molecular formula is C52H93NO7P+. The maximum absolute atomic E-state index is 12.7. The molecule has 61 heavy (non-hydrogen) atoms. The minimum Gasteiger partial charge on any atom is -0.457 e. The van der Waals surface area contributed by atoms with Crippen LogP contribution in [0.4, 0.5) is 0 Å². The molecule has 0 saturated heterocycles. The number of ether oxygens (including phenoxy) is 2. The van der Waals surface area contributed by atoms with Gasteiger partial charge in [0.25, 0.3) is 0 Å². The fourth-order valence-corrected chi connectivity index (χ4v) is 6.98. The van der Waals surface area contributed by atoms with Gasteiger partial charge in [-0.2, -0.15) is 0 Å². The first-order valence-corrected chi connectivity index (χ1v) is 25.8. The van der Waals surface area contributed by atoms with Crippen molar-refractivity contribution in [2.24, 2.45) is 0 Å². The van der Waals surface area contributed by atoms with E-state index < -0.39 is 13.9 Å². The van der Waals surface area contributed by atoms with E-state index in [1.807, 2.05) is 21.1 Å². The SMILES string of the molecule is CC/C=C\C/C=C\C/C=C\C/C=C\C/C=C\C/C=C\C/C=C\CCCCCCOCC(COP(=O)(O)OCC[N+](C)(C)C)OC(=O)CCCCCCCCCCCCCCC. The number of hydrogen-bond donors (Lipinski definition) is 1. The molecule has 9 heteroatoms. The van der Waals surface area contributed by atoms with Crippen LogP contribution in [-0.4, -0.2) is 75.6 Å². The average molecular weight is 875 g/mol. The Morgan fingerprint density at radius 1 is 0.525 bits per heavy atom. The molecule has 0 spiro atoms. The zero-order valence-corrected chi connectivity index (χ0v) is 40.8. The van der Waals surface area contributed by atoms with Crippen LogP contribution in [0.1, 0.15) is 181 Å². The molecule has 0 bridgehead atoms. The van der Waals surface area contributed by atoms with E-state index in [1.165, 1.54) is 64.2 Å². The number of likely N-dealkylation sites (N-methyl/N-ethyl adjacent to an activating group) is 1. The number of unbranched alkanes of at least 4 members (excludes halogenated alkanes) is 16. The molecular weight excluding hydrogens is 782 g/mol. The third-order valence-electron chi connectivity index (χ3n) is 9.97. The van der Waals surface area contributed by atoms with Crippen LogP contribution >= 0.6 is 7.82 Å². The zero-order valence-electron chi connectivity index (χ0n) is 39.9. The number of phosphoric acid groups is 1. The van der Waals surface area contributed by atoms with Crippen molar-refractivity contribution in [1.29, 1.82) is 0 Å². The second-order valence-electron chi connectivity index (χ2n) is 17.1. The summed E-state index contributed by atoms with van der Waals surface area (Å²) >= 11 is 0. The lowest BCUT2D eigenvalue weighted by molar-refractivity contribution is -0.870. The van der Waals surface area contributed by atoms with Crippen LogP contribution < -0.4 is 0 Å². The molecule has 0 rings (SSSR count). The lowest BCUT2D eigenvalue weighted by atomic mass is 10.0. The van der Waals surface area contributed by atoms with Crippen LogP contribution in [-0.2, 0) is 27.9 Å². The van der Waals surface area contributed by atoms with Gasteiger partial charge >= 0.3 is 13.8 Å². The van der Waals surface area contributed by atoms with Crippen molar-refractivity contribution in [3.05, 3.63) is 85.1 Å². The lowest BCUT2D eigenvalue weighted by Crippen LogP contribution is -2.37. The molecule has 0 saturated carbocycles. The first-order valence-electron chi connectivity index (χ1n) is 24.3. The maximum Gasteiger partial charge on any atom is 0.472 e. The Bertz CT molecular complexity index is 1250. The highest BCUT2D eigenvalue weighted by Gasteiger charge is 2.26. The largest absolute Gasteiger partial charge is 0.472 e. The maximum atomic E-state index is 12.7. The summed E-state index contributed by atoms with van der Waals surface area (Å²) in [7, 11) is 1.64. The quantitative estimate of drug-likeness (QED) is 0.0214. The van der Waals surface area contributed by atoms with Gasteiger partial charge in [-0.25, -0.2) is 4.57 Å². The van der Waals surface area contributed by atoms with E-state index in [1.54, 1.807) is 0 Å². The van der Waals surface area contributed by atoms with Gasteiger partial charge in [0.2, 0.25) is 0 Å². The number of rotatable bonds is 44. The second kappa shape index (κ2) is 44.3. The van der Waals surface area contributed by atoms with Gasteiger partial charge < -0.3 is 18.9 Å². The van der Waals surface area contributed by atoms with Crippen LogP contribution in [0.3, 0.4) is 0 Å². The Balaban J connectivity index is 4.22. The molecule has 0 fully saturated rings. The summed E-state index contributed by atoms with van der Waals surface area (Å²) in [4.78, 5) is 22.9. The van der Waals surface area contributed by atoms with Gasteiger partial charge in [-0.3, -0.25) is 13.8 Å². The Kier molecular flexibility index (Phi) is 42.6. The Morgan fingerprint density at radius 3 is 1.43 bits per heavy atom. The number of hydrogen-bond acceptors (Lipinski definition) is 6. The first kappa shape index (κ1) is 58.7. The van der Waals surface area contributed by atoms with Crippen molar-refractivity contribution in [2.45, 2.75) is 187 Å².